The highest BCUT2D eigenvalue weighted by Crippen LogP contribution is 2.18. The van der Waals surface area contributed by atoms with Crippen molar-refractivity contribution >= 4 is 17.5 Å². The molecule has 0 atom stereocenters. The zero-order valence-corrected chi connectivity index (χ0v) is 19.1. The molecule has 2 amide bonds. The van der Waals surface area contributed by atoms with Crippen LogP contribution in [-0.2, 0) is 11.2 Å². The molecule has 4 rings (SSSR count). The Morgan fingerprint density at radius 2 is 1.66 bits per heavy atom. The van der Waals surface area contributed by atoms with E-state index in [1.165, 1.54) is 0 Å². The Hall–Kier alpha value is -3.42. The molecule has 1 aromatic carbocycles. The maximum Gasteiger partial charge on any atom is 0.253 e. The van der Waals surface area contributed by atoms with Crippen LogP contribution >= 0.6 is 0 Å². The Labute approximate surface area is 187 Å². The van der Waals surface area contributed by atoms with Gasteiger partial charge in [0.1, 0.15) is 5.75 Å². The van der Waals surface area contributed by atoms with Crippen molar-refractivity contribution in [1.82, 2.24) is 24.4 Å². The van der Waals surface area contributed by atoms with Crippen molar-refractivity contribution in [2.24, 2.45) is 0 Å². The second-order valence-electron chi connectivity index (χ2n) is 8.22. The van der Waals surface area contributed by atoms with Gasteiger partial charge in [-0.3, -0.25) is 9.59 Å². The molecule has 0 spiro atoms. The summed E-state index contributed by atoms with van der Waals surface area (Å²) in [6.07, 6.45) is 1.05. The van der Waals surface area contributed by atoms with Crippen LogP contribution in [0.2, 0.25) is 0 Å². The summed E-state index contributed by atoms with van der Waals surface area (Å²) in [6.45, 7) is 8.13. The highest BCUT2D eigenvalue weighted by molar-refractivity contribution is 5.94. The molecule has 1 fully saturated rings. The van der Waals surface area contributed by atoms with Crippen LogP contribution in [0.1, 0.15) is 39.4 Å². The fourth-order valence-electron chi connectivity index (χ4n) is 4.27. The molecule has 0 radical (unpaired) electrons. The van der Waals surface area contributed by atoms with E-state index in [0.717, 1.165) is 34.0 Å². The number of nitrogens with zero attached hydrogens (tertiary/aromatic N) is 5. The first kappa shape index (κ1) is 21.8. The summed E-state index contributed by atoms with van der Waals surface area (Å²) in [4.78, 5) is 33.9. The molecule has 8 nitrogen and oxygen atoms in total. The molecule has 168 valence electrons. The third-order valence-electron chi connectivity index (χ3n) is 6.13. The first-order valence-corrected chi connectivity index (χ1v) is 10.9. The highest BCUT2D eigenvalue weighted by Gasteiger charge is 2.25. The average Bonchev–Trinajstić information content (AvgIpc) is 3.18. The molecule has 0 saturated carbocycles. The number of methoxy groups -OCH3 is 1. The van der Waals surface area contributed by atoms with Gasteiger partial charge in [0.05, 0.1) is 12.8 Å². The second kappa shape index (κ2) is 8.98. The first-order valence-electron chi connectivity index (χ1n) is 10.9. The Bertz CT molecular complexity index is 1140. The normalized spacial score (nSPS) is 14.1. The van der Waals surface area contributed by atoms with Crippen LogP contribution in [0.25, 0.3) is 5.65 Å². The average molecular weight is 436 g/mol. The summed E-state index contributed by atoms with van der Waals surface area (Å²) < 4.78 is 7.00. The number of rotatable bonds is 5. The Balaban J connectivity index is 1.34. The van der Waals surface area contributed by atoms with Crippen molar-refractivity contribution in [3.8, 4) is 5.75 Å². The fourth-order valence-corrected chi connectivity index (χ4v) is 4.27. The summed E-state index contributed by atoms with van der Waals surface area (Å²) in [6, 6.07) is 9.08. The van der Waals surface area contributed by atoms with Gasteiger partial charge in [-0.1, -0.05) is 0 Å². The number of aromatic nitrogens is 3. The predicted molar refractivity (Wildman–Crippen MR) is 121 cm³/mol. The lowest BCUT2D eigenvalue weighted by molar-refractivity contribution is -0.132. The van der Waals surface area contributed by atoms with Gasteiger partial charge in [-0.15, -0.1) is 0 Å². The third kappa shape index (κ3) is 4.30. The minimum absolute atomic E-state index is 0.0140. The molecule has 3 aromatic rings. The zero-order valence-electron chi connectivity index (χ0n) is 19.1. The molecule has 0 unspecified atom stereocenters. The van der Waals surface area contributed by atoms with Crippen molar-refractivity contribution in [3.63, 3.8) is 0 Å². The van der Waals surface area contributed by atoms with Gasteiger partial charge in [0.25, 0.3) is 5.91 Å². The summed E-state index contributed by atoms with van der Waals surface area (Å²) in [5, 5.41) is 4.51. The second-order valence-corrected chi connectivity index (χ2v) is 8.22. The fraction of sp³-hybridized carbons (Fsp3) is 0.417. The zero-order chi connectivity index (χ0) is 22.8. The molecule has 0 N–H and O–H groups in total. The molecule has 2 aromatic heterocycles. The molecular weight excluding hydrogens is 406 g/mol. The van der Waals surface area contributed by atoms with Crippen LogP contribution in [0, 0.1) is 20.8 Å². The maximum atomic E-state index is 12.8. The van der Waals surface area contributed by atoms with E-state index >= 15 is 0 Å². The summed E-state index contributed by atoms with van der Waals surface area (Å²) in [5.74, 6) is 0.816. The van der Waals surface area contributed by atoms with Crippen molar-refractivity contribution in [2.45, 2.75) is 33.6 Å². The van der Waals surface area contributed by atoms with Crippen LogP contribution < -0.4 is 4.74 Å². The number of aryl methyl sites for hydroxylation is 3. The lowest BCUT2D eigenvalue weighted by atomic mass is 10.1. The van der Waals surface area contributed by atoms with E-state index in [0.29, 0.717) is 44.6 Å². The number of amides is 2. The smallest absolute Gasteiger partial charge is 0.253 e. The monoisotopic (exact) mass is 435 g/mol. The van der Waals surface area contributed by atoms with Crippen molar-refractivity contribution in [3.05, 3.63) is 58.5 Å². The number of piperazine rings is 1. The van der Waals surface area contributed by atoms with E-state index in [-0.39, 0.29) is 11.8 Å². The molecule has 32 heavy (non-hydrogen) atoms. The van der Waals surface area contributed by atoms with Crippen molar-refractivity contribution in [2.75, 3.05) is 33.3 Å². The largest absolute Gasteiger partial charge is 0.497 e. The summed E-state index contributed by atoms with van der Waals surface area (Å²) in [5.41, 5.74) is 5.44. The van der Waals surface area contributed by atoms with Crippen LogP contribution in [-0.4, -0.2) is 69.5 Å². The van der Waals surface area contributed by atoms with Crippen molar-refractivity contribution in [1.29, 1.82) is 0 Å². The lowest BCUT2D eigenvalue weighted by Gasteiger charge is -2.35. The first-order chi connectivity index (χ1) is 15.4. The van der Waals surface area contributed by atoms with Crippen LogP contribution in [0.15, 0.2) is 30.3 Å². The molecule has 0 bridgehead atoms. The number of carbonyl (C=O) groups excluding carboxylic acids is 2. The van der Waals surface area contributed by atoms with E-state index in [1.807, 2.05) is 36.3 Å². The summed E-state index contributed by atoms with van der Waals surface area (Å²) >= 11 is 0. The molecule has 0 aliphatic carbocycles. The minimum Gasteiger partial charge on any atom is -0.497 e. The van der Waals surface area contributed by atoms with E-state index in [1.54, 1.807) is 36.3 Å². The number of hydrogen-bond donors (Lipinski definition) is 0. The van der Waals surface area contributed by atoms with Gasteiger partial charge >= 0.3 is 0 Å². The van der Waals surface area contributed by atoms with Crippen LogP contribution in [0.5, 0.6) is 5.75 Å². The Kier molecular flexibility index (Phi) is 6.12. The molecule has 3 heterocycles. The van der Waals surface area contributed by atoms with E-state index < -0.39 is 0 Å². The maximum absolute atomic E-state index is 12.8. The third-order valence-corrected chi connectivity index (χ3v) is 6.13. The molecule has 1 saturated heterocycles. The van der Waals surface area contributed by atoms with Gasteiger partial charge in [0.2, 0.25) is 5.91 Å². The van der Waals surface area contributed by atoms with Gasteiger partial charge in [0, 0.05) is 55.6 Å². The van der Waals surface area contributed by atoms with Gasteiger partial charge < -0.3 is 14.5 Å². The van der Waals surface area contributed by atoms with Gasteiger partial charge in [-0.05, 0) is 57.0 Å². The number of ether oxygens (including phenoxy) is 1. The number of carbonyl (C=O) groups is 2. The number of benzene rings is 1. The van der Waals surface area contributed by atoms with Crippen LogP contribution in [0.4, 0.5) is 0 Å². The molecule has 8 heteroatoms. The predicted octanol–water partition coefficient (Wildman–Crippen LogP) is 2.58. The van der Waals surface area contributed by atoms with Gasteiger partial charge in [-0.25, -0.2) is 9.50 Å². The number of hydrogen-bond acceptors (Lipinski definition) is 5. The molecule has 1 aliphatic heterocycles. The quantitative estimate of drug-likeness (QED) is 0.615. The van der Waals surface area contributed by atoms with Crippen molar-refractivity contribution < 1.29 is 14.3 Å². The van der Waals surface area contributed by atoms with Gasteiger partial charge in [0.15, 0.2) is 5.65 Å². The molecule has 1 aliphatic rings. The van der Waals surface area contributed by atoms with E-state index in [2.05, 4.69) is 10.1 Å². The standard InChI is InChI=1S/C24H29N5O3/c1-16-15-22-25-17(2)21(18(3)29(22)26-16)9-10-23(30)27-11-13-28(14-12-27)24(31)19-5-7-20(32-4)8-6-19/h5-8,15H,9-14H2,1-4H3. The molecular formula is C24H29N5O3. The highest BCUT2D eigenvalue weighted by atomic mass is 16.5. The number of fused-ring (bicyclic) bond motifs is 1. The van der Waals surface area contributed by atoms with Crippen LogP contribution in [0.3, 0.4) is 0 Å². The van der Waals surface area contributed by atoms with Gasteiger partial charge in [-0.2, -0.15) is 5.10 Å². The van der Waals surface area contributed by atoms with E-state index in [4.69, 9.17) is 4.74 Å². The topological polar surface area (TPSA) is 80.0 Å². The van der Waals surface area contributed by atoms with E-state index in [9.17, 15) is 9.59 Å². The lowest BCUT2D eigenvalue weighted by Crippen LogP contribution is -2.50. The Morgan fingerprint density at radius 3 is 2.31 bits per heavy atom. The minimum atomic E-state index is -0.0140. The SMILES string of the molecule is COc1ccc(C(=O)N2CCN(C(=O)CCc3c(C)nc4cc(C)nn4c3C)CC2)cc1. The summed E-state index contributed by atoms with van der Waals surface area (Å²) in [7, 11) is 1.60. The Morgan fingerprint density at radius 1 is 1.00 bits per heavy atom.